The molecule has 1 fully saturated rings. The molecule has 184 valence electrons. The van der Waals surface area contributed by atoms with Gasteiger partial charge in [-0.25, -0.2) is 13.1 Å². The van der Waals surface area contributed by atoms with Crippen molar-refractivity contribution in [3.63, 3.8) is 0 Å². The van der Waals surface area contributed by atoms with E-state index in [0.717, 1.165) is 29.6 Å². The van der Waals surface area contributed by atoms with Crippen molar-refractivity contribution in [1.82, 2.24) is 19.7 Å². The molecule has 0 aliphatic heterocycles. The molecule has 0 unspecified atom stereocenters. The van der Waals surface area contributed by atoms with Crippen LogP contribution in [0.15, 0.2) is 51.9 Å². The zero-order chi connectivity index (χ0) is 24.7. The zero-order valence-corrected chi connectivity index (χ0v) is 20.5. The first-order chi connectivity index (χ1) is 16.7. The van der Waals surface area contributed by atoms with Gasteiger partial charge in [0.2, 0.25) is 10.0 Å². The second kappa shape index (κ2) is 9.09. The number of hydrogen-bond donors (Lipinski definition) is 2. The maximum atomic E-state index is 12.9. The number of nitrogens with one attached hydrogen (secondary N) is 1. The normalized spacial score (nSPS) is 16.3. The minimum Gasteiger partial charge on any atom is -0.480 e. The SMILES string of the molecule is CC(C)[C@@H](NS(=O)(=O)c1ccc2oc3cc(-n4cc(C5CCCCC5)nn4)ccc3c2c1)C(=O)O. The zero-order valence-electron chi connectivity index (χ0n) is 19.6. The van der Waals surface area contributed by atoms with Gasteiger partial charge in [0, 0.05) is 22.8 Å². The highest BCUT2D eigenvalue weighted by Crippen LogP contribution is 2.33. The largest absolute Gasteiger partial charge is 0.480 e. The lowest BCUT2D eigenvalue weighted by atomic mass is 9.87. The van der Waals surface area contributed by atoms with Gasteiger partial charge in [0.05, 0.1) is 22.5 Å². The molecule has 0 spiro atoms. The summed E-state index contributed by atoms with van der Waals surface area (Å²) in [5.74, 6) is -1.17. The average molecular weight is 497 g/mol. The Bertz CT molecular complexity index is 1500. The summed E-state index contributed by atoms with van der Waals surface area (Å²) in [6, 6.07) is 8.93. The summed E-state index contributed by atoms with van der Waals surface area (Å²) >= 11 is 0. The third kappa shape index (κ3) is 4.55. The van der Waals surface area contributed by atoms with Crippen LogP contribution in [0.4, 0.5) is 0 Å². The number of carboxylic acids is 1. The number of furan rings is 1. The van der Waals surface area contributed by atoms with Crippen molar-refractivity contribution in [3.05, 3.63) is 48.3 Å². The second-order valence-electron chi connectivity index (χ2n) is 9.54. The number of carbonyl (C=O) groups is 1. The molecular formula is C25H28N4O5S. The molecule has 0 bridgehead atoms. The smallest absolute Gasteiger partial charge is 0.322 e. The number of sulfonamides is 1. The van der Waals surface area contributed by atoms with Crippen LogP contribution in [0.1, 0.15) is 57.6 Å². The lowest BCUT2D eigenvalue weighted by Crippen LogP contribution is -2.44. The Morgan fingerprint density at radius 1 is 1.09 bits per heavy atom. The van der Waals surface area contributed by atoms with Crippen molar-refractivity contribution in [2.75, 3.05) is 0 Å². The number of fused-ring (bicyclic) bond motifs is 3. The Kier molecular flexibility index (Phi) is 6.10. The van der Waals surface area contributed by atoms with E-state index in [1.54, 1.807) is 24.6 Å². The van der Waals surface area contributed by atoms with Crippen LogP contribution in [-0.2, 0) is 14.8 Å². The highest BCUT2D eigenvalue weighted by atomic mass is 32.2. The van der Waals surface area contributed by atoms with Gasteiger partial charge in [0.1, 0.15) is 17.2 Å². The van der Waals surface area contributed by atoms with E-state index in [4.69, 9.17) is 4.42 Å². The molecule has 1 atom stereocenters. The van der Waals surface area contributed by atoms with Crippen molar-refractivity contribution >= 4 is 37.9 Å². The molecular weight excluding hydrogens is 468 g/mol. The van der Waals surface area contributed by atoms with Crippen molar-refractivity contribution in [2.24, 2.45) is 5.92 Å². The van der Waals surface area contributed by atoms with Crippen LogP contribution in [0.5, 0.6) is 0 Å². The molecule has 9 nitrogen and oxygen atoms in total. The fourth-order valence-electron chi connectivity index (χ4n) is 4.75. The number of aliphatic carboxylic acids is 1. The molecule has 10 heteroatoms. The lowest BCUT2D eigenvalue weighted by Gasteiger charge is -2.18. The van der Waals surface area contributed by atoms with Gasteiger partial charge in [-0.15, -0.1) is 5.10 Å². The molecule has 35 heavy (non-hydrogen) atoms. The third-order valence-corrected chi connectivity index (χ3v) is 8.19. The van der Waals surface area contributed by atoms with Crippen LogP contribution in [0, 0.1) is 5.92 Å². The fourth-order valence-corrected chi connectivity index (χ4v) is 6.11. The molecule has 0 radical (unpaired) electrons. The van der Waals surface area contributed by atoms with E-state index in [0.29, 0.717) is 22.5 Å². The van der Waals surface area contributed by atoms with Crippen molar-refractivity contribution in [1.29, 1.82) is 0 Å². The van der Waals surface area contributed by atoms with Gasteiger partial charge < -0.3 is 9.52 Å². The number of benzene rings is 2. The third-order valence-electron chi connectivity index (χ3n) is 6.75. The molecule has 0 amide bonds. The number of carboxylic acid groups (broad SMARTS) is 1. The molecule has 2 aromatic carbocycles. The van der Waals surface area contributed by atoms with E-state index in [1.807, 2.05) is 24.4 Å². The van der Waals surface area contributed by atoms with Gasteiger partial charge in [0.15, 0.2) is 0 Å². The van der Waals surface area contributed by atoms with E-state index < -0.39 is 28.0 Å². The van der Waals surface area contributed by atoms with E-state index in [2.05, 4.69) is 15.0 Å². The second-order valence-corrected chi connectivity index (χ2v) is 11.3. The highest BCUT2D eigenvalue weighted by molar-refractivity contribution is 7.89. The van der Waals surface area contributed by atoms with E-state index in [9.17, 15) is 18.3 Å². The maximum Gasteiger partial charge on any atom is 0.322 e. The first kappa shape index (κ1) is 23.5. The summed E-state index contributed by atoms with van der Waals surface area (Å²) in [6.45, 7) is 3.30. The van der Waals surface area contributed by atoms with Gasteiger partial charge in [-0.1, -0.05) is 38.3 Å². The van der Waals surface area contributed by atoms with Crippen LogP contribution in [-0.4, -0.2) is 40.5 Å². The Morgan fingerprint density at radius 3 is 2.57 bits per heavy atom. The van der Waals surface area contributed by atoms with Gasteiger partial charge >= 0.3 is 5.97 Å². The standard InChI is InChI=1S/C25H28N4O5S/c1-15(2)24(25(30)31)27-35(32,33)18-9-11-22-20(13-18)19-10-8-17(12-23(19)34-22)29-14-21(26-28-29)16-6-4-3-5-7-16/h8-16,24,27H,3-7H2,1-2H3,(H,30,31)/t24-/m1/s1. The highest BCUT2D eigenvalue weighted by Gasteiger charge is 2.28. The Hall–Kier alpha value is -3.24. The minimum absolute atomic E-state index is 0.0166. The molecule has 2 heterocycles. The molecule has 2 aromatic heterocycles. The van der Waals surface area contributed by atoms with Crippen LogP contribution >= 0.6 is 0 Å². The van der Waals surface area contributed by atoms with Crippen LogP contribution < -0.4 is 4.72 Å². The molecule has 0 saturated heterocycles. The molecule has 2 N–H and O–H groups in total. The van der Waals surface area contributed by atoms with Gasteiger partial charge in [-0.3, -0.25) is 4.79 Å². The summed E-state index contributed by atoms with van der Waals surface area (Å²) in [6.07, 6.45) is 8.00. The first-order valence-corrected chi connectivity index (χ1v) is 13.4. The molecule has 1 aliphatic rings. The topological polar surface area (TPSA) is 127 Å². The number of aromatic nitrogens is 3. The molecule has 1 saturated carbocycles. The maximum absolute atomic E-state index is 12.9. The monoisotopic (exact) mass is 496 g/mol. The van der Waals surface area contributed by atoms with Crippen LogP contribution in [0.25, 0.3) is 27.6 Å². The fraction of sp³-hybridized carbons (Fsp3) is 0.400. The summed E-state index contributed by atoms with van der Waals surface area (Å²) in [4.78, 5) is 11.5. The van der Waals surface area contributed by atoms with E-state index in [1.165, 1.54) is 31.4 Å². The first-order valence-electron chi connectivity index (χ1n) is 11.9. The summed E-state index contributed by atoms with van der Waals surface area (Å²) in [5, 5.41) is 19.5. The van der Waals surface area contributed by atoms with E-state index >= 15 is 0 Å². The van der Waals surface area contributed by atoms with Crippen LogP contribution in [0.2, 0.25) is 0 Å². The summed E-state index contributed by atoms with van der Waals surface area (Å²) < 4.78 is 35.8. The summed E-state index contributed by atoms with van der Waals surface area (Å²) in [7, 11) is -4.04. The molecule has 1 aliphatic carbocycles. The quantitative estimate of drug-likeness (QED) is 0.383. The van der Waals surface area contributed by atoms with Crippen molar-refractivity contribution in [2.45, 2.75) is 62.8 Å². The Labute approximate surface area is 203 Å². The average Bonchev–Trinajstić information content (AvgIpc) is 3.47. The molecule has 4 aromatic rings. The Balaban J connectivity index is 1.47. The number of hydrogen-bond acceptors (Lipinski definition) is 6. The van der Waals surface area contributed by atoms with Crippen LogP contribution in [0.3, 0.4) is 0 Å². The van der Waals surface area contributed by atoms with Crippen molar-refractivity contribution in [3.8, 4) is 5.69 Å². The molecule has 5 rings (SSSR count). The van der Waals surface area contributed by atoms with Gasteiger partial charge in [-0.05, 0) is 49.1 Å². The summed E-state index contributed by atoms with van der Waals surface area (Å²) in [5.41, 5.74) is 2.95. The van der Waals surface area contributed by atoms with E-state index in [-0.39, 0.29) is 4.90 Å². The van der Waals surface area contributed by atoms with Crippen molar-refractivity contribution < 1.29 is 22.7 Å². The number of nitrogens with zero attached hydrogens (tertiary/aromatic N) is 3. The van der Waals surface area contributed by atoms with Gasteiger partial charge in [0.25, 0.3) is 0 Å². The Morgan fingerprint density at radius 2 is 1.86 bits per heavy atom. The lowest BCUT2D eigenvalue weighted by molar-refractivity contribution is -0.140. The predicted octanol–water partition coefficient (Wildman–Crippen LogP) is 4.60. The van der Waals surface area contributed by atoms with Gasteiger partial charge in [-0.2, -0.15) is 4.72 Å². The number of rotatable bonds is 7. The predicted molar refractivity (Wildman–Crippen MR) is 131 cm³/mol. The minimum atomic E-state index is -4.04.